The molecule has 0 bridgehead atoms. The van der Waals surface area contributed by atoms with Crippen LogP contribution in [0.15, 0.2) is 39.4 Å². The fourth-order valence-corrected chi connectivity index (χ4v) is 2.98. The van der Waals surface area contributed by atoms with Gasteiger partial charge in [0.2, 0.25) is 0 Å². The number of nitrogens with one attached hydrogen (secondary N) is 2. The molecule has 0 saturated carbocycles. The van der Waals surface area contributed by atoms with Crippen LogP contribution in [-0.4, -0.2) is 25.9 Å². The topological polar surface area (TPSA) is 75.6 Å². The molecule has 0 atom stereocenters. The van der Waals surface area contributed by atoms with E-state index < -0.39 is 0 Å². The van der Waals surface area contributed by atoms with Gasteiger partial charge >= 0.3 is 0 Å². The van der Waals surface area contributed by atoms with Crippen LogP contribution in [0.3, 0.4) is 0 Å². The number of aryl methyl sites for hydroxylation is 1. The number of carbonyl (C=O) groups excluding carboxylic acids is 1. The Labute approximate surface area is 159 Å². The van der Waals surface area contributed by atoms with Gasteiger partial charge in [0, 0.05) is 16.8 Å². The summed E-state index contributed by atoms with van der Waals surface area (Å²) in [5.41, 5.74) is 2.12. The maximum Gasteiger partial charge on any atom is 0.278 e. The van der Waals surface area contributed by atoms with E-state index in [9.17, 15) is 4.79 Å². The van der Waals surface area contributed by atoms with E-state index >= 15 is 0 Å². The molecule has 3 aromatic rings. The molecule has 9 heteroatoms. The van der Waals surface area contributed by atoms with E-state index in [4.69, 9.17) is 11.6 Å². The quantitative estimate of drug-likeness (QED) is 0.590. The molecule has 0 unspecified atom stereocenters. The summed E-state index contributed by atoms with van der Waals surface area (Å²) < 4.78 is 2.95. The first-order chi connectivity index (χ1) is 11.5. The second-order valence-electron chi connectivity index (χ2n) is 5.07. The van der Waals surface area contributed by atoms with Gasteiger partial charge in [0.25, 0.3) is 5.91 Å². The maximum atomic E-state index is 12.3. The summed E-state index contributed by atoms with van der Waals surface area (Å²) in [6.45, 7) is 2.44. The van der Waals surface area contributed by atoms with E-state index in [2.05, 4.69) is 52.5 Å². The average molecular weight is 474 g/mol. The zero-order chi connectivity index (χ0) is 17.3. The molecule has 1 aromatic carbocycles. The van der Waals surface area contributed by atoms with Gasteiger partial charge in [0.1, 0.15) is 4.60 Å². The molecule has 3 rings (SSSR count). The van der Waals surface area contributed by atoms with Crippen LogP contribution >= 0.6 is 43.5 Å². The van der Waals surface area contributed by atoms with Crippen LogP contribution < -0.4 is 5.32 Å². The van der Waals surface area contributed by atoms with Crippen LogP contribution in [0.4, 0.5) is 5.82 Å². The molecule has 0 spiro atoms. The second-order valence-corrected chi connectivity index (χ2v) is 7.07. The summed E-state index contributed by atoms with van der Waals surface area (Å²) in [7, 11) is 0. The third-order valence-electron chi connectivity index (χ3n) is 3.38. The lowest BCUT2D eigenvalue weighted by molar-refractivity contribution is 0.102. The van der Waals surface area contributed by atoms with Gasteiger partial charge in [-0.05, 0) is 50.4 Å². The molecule has 2 N–H and O–H groups in total. The molecule has 2 aromatic heterocycles. The average Bonchev–Trinajstić information content (AvgIpc) is 3.05. The summed E-state index contributed by atoms with van der Waals surface area (Å²) in [5, 5.41) is 14.4. The molecule has 1 amide bonds. The van der Waals surface area contributed by atoms with Crippen molar-refractivity contribution in [3.63, 3.8) is 0 Å². The van der Waals surface area contributed by atoms with Crippen LogP contribution in [0.25, 0.3) is 0 Å². The molecule has 6 nitrogen and oxygen atoms in total. The number of halogens is 3. The summed E-state index contributed by atoms with van der Waals surface area (Å²) >= 11 is 12.7. The van der Waals surface area contributed by atoms with Crippen LogP contribution in [0.1, 0.15) is 21.7 Å². The lowest BCUT2D eigenvalue weighted by Crippen LogP contribution is -2.14. The molecule has 2 heterocycles. The third-order valence-corrected chi connectivity index (χ3v) is 5.63. The highest BCUT2D eigenvalue weighted by atomic mass is 79.9. The van der Waals surface area contributed by atoms with Crippen LogP contribution in [0.2, 0.25) is 5.02 Å². The predicted octanol–water partition coefficient (Wildman–Crippen LogP) is 4.39. The van der Waals surface area contributed by atoms with E-state index in [0.717, 1.165) is 11.3 Å². The van der Waals surface area contributed by atoms with E-state index in [1.54, 1.807) is 10.7 Å². The van der Waals surface area contributed by atoms with Crippen molar-refractivity contribution >= 4 is 55.2 Å². The summed E-state index contributed by atoms with van der Waals surface area (Å²) in [6, 6.07) is 9.39. The van der Waals surface area contributed by atoms with Crippen molar-refractivity contribution in [1.29, 1.82) is 0 Å². The van der Waals surface area contributed by atoms with Gasteiger partial charge in [-0.25, -0.2) is 0 Å². The van der Waals surface area contributed by atoms with Crippen molar-refractivity contribution in [2.75, 3.05) is 5.32 Å². The molecule has 0 saturated heterocycles. The number of anilines is 1. The van der Waals surface area contributed by atoms with Crippen molar-refractivity contribution in [2.24, 2.45) is 0 Å². The van der Waals surface area contributed by atoms with Crippen molar-refractivity contribution in [2.45, 2.75) is 13.5 Å². The number of carbonyl (C=O) groups is 1. The number of rotatable bonds is 4. The van der Waals surface area contributed by atoms with Crippen molar-refractivity contribution < 1.29 is 4.79 Å². The molecule has 0 aliphatic rings. The fraction of sp³-hybridized carbons (Fsp3) is 0.133. The summed E-state index contributed by atoms with van der Waals surface area (Å²) in [6.07, 6.45) is 0. The monoisotopic (exact) mass is 471 g/mol. The van der Waals surface area contributed by atoms with E-state index in [1.807, 2.05) is 31.2 Å². The molecule has 124 valence electrons. The Morgan fingerprint density at radius 2 is 2.12 bits per heavy atom. The minimum atomic E-state index is -0.355. The number of nitrogens with zero attached hydrogens (tertiary/aromatic N) is 3. The first kappa shape index (κ1) is 17.2. The van der Waals surface area contributed by atoms with Crippen molar-refractivity contribution in [3.05, 3.63) is 61.4 Å². The minimum Gasteiger partial charge on any atom is -0.304 e. The highest BCUT2D eigenvalue weighted by molar-refractivity contribution is 9.13. The Kier molecular flexibility index (Phi) is 5.07. The minimum absolute atomic E-state index is 0.250. The molecule has 0 radical (unpaired) electrons. The zero-order valence-corrected chi connectivity index (χ0v) is 16.4. The highest BCUT2D eigenvalue weighted by Crippen LogP contribution is 2.24. The smallest absolute Gasteiger partial charge is 0.278 e. The number of aromatic nitrogens is 4. The number of aromatic amines is 1. The van der Waals surface area contributed by atoms with Gasteiger partial charge in [0.15, 0.2) is 11.5 Å². The molecular weight excluding hydrogens is 461 g/mol. The first-order valence-electron chi connectivity index (χ1n) is 6.94. The third kappa shape index (κ3) is 3.55. The number of amides is 1. The second kappa shape index (κ2) is 7.08. The summed E-state index contributed by atoms with van der Waals surface area (Å²) in [4.78, 5) is 12.3. The van der Waals surface area contributed by atoms with Gasteiger partial charge in [-0.3, -0.25) is 14.6 Å². The standard InChI is InChI=1S/C15H12Br2ClN5O/c1-8-6-11(19-15(24)13-12(16)14(17)21-20-13)22-23(8)7-9-4-2-3-5-10(9)18/h2-6H,7H2,1H3,(H,20,21)(H,19,22,24). The molecule has 24 heavy (non-hydrogen) atoms. The number of H-pyrrole nitrogens is 1. The molecular formula is C15H12Br2ClN5O. The highest BCUT2D eigenvalue weighted by Gasteiger charge is 2.18. The molecule has 0 aliphatic heterocycles. The lowest BCUT2D eigenvalue weighted by atomic mass is 10.2. The van der Waals surface area contributed by atoms with Gasteiger partial charge in [-0.1, -0.05) is 29.8 Å². The number of hydrogen-bond acceptors (Lipinski definition) is 3. The zero-order valence-electron chi connectivity index (χ0n) is 12.5. The Morgan fingerprint density at radius 3 is 2.79 bits per heavy atom. The Hall–Kier alpha value is -1.64. The van der Waals surface area contributed by atoms with E-state index in [1.165, 1.54) is 0 Å². The Balaban J connectivity index is 1.78. The van der Waals surface area contributed by atoms with Crippen LogP contribution in [0.5, 0.6) is 0 Å². The van der Waals surface area contributed by atoms with Gasteiger partial charge in [0.05, 0.1) is 11.0 Å². The first-order valence-corrected chi connectivity index (χ1v) is 8.90. The Bertz CT molecular complexity index is 905. The predicted molar refractivity (Wildman–Crippen MR) is 99.5 cm³/mol. The van der Waals surface area contributed by atoms with Crippen LogP contribution in [0, 0.1) is 6.92 Å². The maximum absolute atomic E-state index is 12.3. The van der Waals surface area contributed by atoms with E-state index in [0.29, 0.717) is 26.5 Å². The van der Waals surface area contributed by atoms with Gasteiger partial charge < -0.3 is 5.32 Å². The SMILES string of the molecule is Cc1cc(NC(=O)c2n[nH]c(Br)c2Br)nn1Cc1ccccc1Cl. The largest absolute Gasteiger partial charge is 0.304 e. The molecule has 0 fully saturated rings. The van der Waals surface area contributed by atoms with Crippen molar-refractivity contribution in [3.8, 4) is 0 Å². The lowest BCUT2D eigenvalue weighted by Gasteiger charge is -2.06. The summed E-state index contributed by atoms with van der Waals surface area (Å²) in [5.74, 6) is 0.0989. The van der Waals surface area contributed by atoms with Gasteiger partial charge in [-0.2, -0.15) is 10.2 Å². The van der Waals surface area contributed by atoms with E-state index in [-0.39, 0.29) is 11.6 Å². The van der Waals surface area contributed by atoms with Gasteiger partial charge in [-0.15, -0.1) is 0 Å². The number of benzene rings is 1. The van der Waals surface area contributed by atoms with Crippen LogP contribution in [-0.2, 0) is 6.54 Å². The number of hydrogen-bond donors (Lipinski definition) is 2. The normalized spacial score (nSPS) is 10.8. The fourth-order valence-electron chi connectivity index (χ4n) is 2.15. The van der Waals surface area contributed by atoms with Crippen molar-refractivity contribution in [1.82, 2.24) is 20.0 Å². The molecule has 0 aliphatic carbocycles. The Morgan fingerprint density at radius 1 is 1.38 bits per heavy atom.